The number of amides is 2. The summed E-state index contributed by atoms with van der Waals surface area (Å²) < 4.78 is 0. The number of rotatable bonds is 3. The van der Waals surface area contributed by atoms with E-state index in [-0.39, 0.29) is 18.4 Å². The zero-order valence-corrected chi connectivity index (χ0v) is 12.2. The van der Waals surface area contributed by atoms with E-state index in [0.29, 0.717) is 11.3 Å². The zero-order valence-electron chi connectivity index (χ0n) is 12.2. The lowest BCUT2D eigenvalue weighted by Gasteiger charge is -2.34. The highest BCUT2D eigenvalue weighted by Crippen LogP contribution is 2.16. The molecular weight excluding hydrogens is 254 g/mol. The van der Waals surface area contributed by atoms with Crippen molar-refractivity contribution in [2.45, 2.75) is 33.2 Å². The van der Waals surface area contributed by atoms with E-state index in [0.717, 1.165) is 0 Å². The summed E-state index contributed by atoms with van der Waals surface area (Å²) in [7, 11) is 0. The van der Waals surface area contributed by atoms with E-state index in [1.807, 2.05) is 26.8 Å². The maximum Gasteiger partial charge on any atom is 0.244 e. The maximum absolute atomic E-state index is 12.0. The normalized spacial score (nSPS) is 10.6. The number of benzene rings is 1. The van der Waals surface area contributed by atoms with Gasteiger partial charge in [0.2, 0.25) is 11.8 Å². The number of nitrogens with one attached hydrogen (secondary N) is 1. The van der Waals surface area contributed by atoms with Gasteiger partial charge in [0.25, 0.3) is 0 Å². The van der Waals surface area contributed by atoms with Gasteiger partial charge < -0.3 is 10.2 Å². The third kappa shape index (κ3) is 4.09. The Labute approximate surface area is 119 Å². The van der Waals surface area contributed by atoms with Gasteiger partial charge in [-0.1, -0.05) is 12.1 Å². The van der Waals surface area contributed by atoms with Crippen molar-refractivity contribution in [3.63, 3.8) is 0 Å². The monoisotopic (exact) mass is 273 g/mol. The first-order valence-corrected chi connectivity index (χ1v) is 6.33. The first-order chi connectivity index (χ1) is 9.25. The Kier molecular flexibility index (Phi) is 4.87. The molecule has 0 fully saturated rings. The van der Waals surface area contributed by atoms with Crippen molar-refractivity contribution in [1.82, 2.24) is 4.90 Å². The molecule has 0 aliphatic carbocycles. The summed E-state index contributed by atoms with van der Waals surface area (Å²) in [5.41, 5.74) is 0.418. The molecule has 20 heavy (non-hydrogen) atoms. The number of hydrogen-bond acceptors (Lipinski definition) is 3. The molecule has 1 aromatic rings. The first-order valence-electron chi connectivity index (χ1n) is 6.33. The van der Waals surface area contributed by atoms with Gasteiger partial charge in [0, 0.05) is 12.5 Å². The van der Waals surface area contributed by atoms with E-state index in [1.54, 1.807) is 24.3 Å². The third-order valence-corrected chi connectivity index (χ3v) is 2.81. The molecule has 0 aliphatic rings. The molecule has 0 unspecified atom stereocenters. The molecule has 1 N–H and O–H groups in total. The fourth-order valence-corrected chi connectivity index (χ4v) is 1.84. The van der Waals surface area contributed by atoms with Crippen LogP contribution >= 0.6 is 0 Å². The summed E-state index contributed by atoms with van der Waals surface area (Å²) in [5.74, 6) is -0.487. The summed E-state index contributed by atoms with van der Waals surface area (Å²) in [6.45, 7) is 6.99. The summed E-state index contributed by atoms with van der Waals surface area (Å²) in [5, 5.41) is 11.6. The van der Waals surface area contributed by atoms with Crippen LogP contribution in [0.15, 0.2) is 24.3 Å². The Morgan fingerprint density at radius 3 is 2.40 bits per heavy atom. The molecule has 5 heteroatoms. The van der Waals surface area contributed by atoms with Crippen LogP contribution in [0.3, 0.4) is 0 Å². The van der Waals surface area contributed by atoms with Gasteiger partial charge in [0.1, 0.15) is 12.6 Å². The Morgan fingerprint density at radius 2 is 1.90 bits per heavy atom. The van der Waals surface area contributed by atoms with Gasteiger partial charge in [-0.05, 0) is 32.9 Å². The van der Waals surface area contributed by atoms with Crippen LogP contribution in [0.1, 0.15) is 33.3 Å². The highest BCUT2D eigenvalue weighted by atomic mass is 16.2. The molecule has 0 bridgehead atoms. The van der Waals surface area contributed by atoms with Gasteiger partial charge in [-0.3, -0.25) is 9.59 Å². The van der Waals surface area contributed by atoms with Gasteiger partial charge in [-0.25, -0.2) is 0 Å². The molecule has 2 amide bonds. The lowest BCUT2D eigenvalue weighted by Crippen LogP contribution is -2.48. The van der Waals surface area contributed by atoms with E-state index in [2.05, 4.69) is 5.32 Å². The fourth-order valence-electron chi connectivity index (χ4n) is 1.84. The van der Waals surface area contributed by atoms with Gasteiger partial charge >= 0.3 is 0 Å². The molecule has 0 heterocycles. The number of carbonyl (C=O) groups is 2. The molecule has 0 saturated carbocycles. The van der Waals surface area contributed by atoms with Crippen LogP contribution in [0.25, 0.3) is 0 Å². The van der Waals surface area contributed by atoms with E-state index in [1.165, 1.54) is 11.8 Å². The molecule has 106 valence electrons. The van der Waals surface area contributed by atoms with Crippen molar-refractivity contribution >= 4 is 17.5 Å². The standard InChI is InChI=1S/C15H19N3O2/c1-11(19)18(15(2,3)4)10-14(20)17-13-8-6-5-7-12(13)9-16/h5-8H,10H2,1-4H3,(H,17,20). The van der Waals surface area contributed by atoms with Gasteiger partial charge in [-0.2, -0.15) is 5.26 Å². The first kappa shape index (κ1) is 15.7. The SMILES string of the molecule is CC(=O)N(CC(=O)Nc1ccccc1C#N)C(C)(C)C. The molecule has 0 spiro atoms. The molecule has 0 aliphatic heterocycles. The minimum Gasteiger partial charge on any atom is -0.329 e. The van der Waals surface area contributed by atoms with Crippen molar-refractivity contribution in [3.05, 3.63) is 29.8 Å². The molecule has 1 rings (SSSR count). The molecule has 5 nitrogen and oxygen atoms in total. The van der Waals surface area contributed by atoms with Crippen molar-refractivity contribution in [1.29, 1.82) is 5.26 Å². The number of hydrogen-bond donors (Lipinski definition) is 1. The quantitative estimate of drug-likeness (QED) is 0.917. The van der Waals surface area contributed by atoms with Crippen molar-refractivity contribution < 1.29 is 9.59 Å². The summed E-state index contributed by atoms with van der Waals surface area (Å²) in [4.78, 5) is 25.1. The number of para-hydroxylation sites is 1. The number of anilines is 1. The number of nitriles is 1. The molecule has 0 radical (unpaired) electrons. The van der Waals surface area contributed by atoms with Crippen molar-refractivity contribution in [2.75, 3.05) is 11.9 Å². The molecular formula is C15H19N3O2. The lowest BCUT2D eigenvalue weighted by molar-refractivity contribution is -0.137. The highest BCUT2D eigenvalue weighted by molar-refractivity contribution is 5.95. The highest BCUT2D eigenvalue weighted by Gasteiger charge is 2.26. The van der Waals surface area contributed by atoms with Crippen LogP contribution in [0.2, 0.25) is 0 Å². The lowest BCUT2D eigenvalue weighted by atomic mass is 10.1. The average Bonchev–Trinajstić information content (AvgIpc) is 2.35. The average molecular weight is 273 g/mol. The van der Waals surface area contributed by atoms with Gasteiger partial charge in [-0.15, -0.1) is 0 Å². The van der Waals surface area contributed by atoms with E-state index in [4.69, 9.17) is 5.26 Å². The Bertz CT molecular complexity index is 553. The Hall–Kier alpha value is -2.35. The van der Waals surface area contributed by atoms with E-state index >= 15 is 0 Å². The topological polar surface area (TPSA) is 73.2 Å². The van der Waals surface area contributed by atoms with Gasteiger partial charge in [0.15, 0.2) is 0 Å². The second-order valence-corrected chi connectivity index (χ2v) is 5.48. The molecule has 1 aromatic carbocycles. The summed E-state index contributed by atoms with van der Waals surface area (Å²) in [6, 6.07) is 8.76. The predicted molar refractivity (Wildman–Crippen MR) is 76.9 cm³/mol. The smallest absolute Gasteiger partial charge is 0.244 e. The van der Waals surface area contributed by atoms with Crippen molar-refractivity contribution in [3.8, 4) is 6.07 Å². The zero-order chi connectivity index (χ0) is 15.3. The minimum absolute atomic E-state index is 0.0431. The van der Waals surface area contributed by atoms with Crippen LogP contribution in [0.4, 0.5) is 5.69 Å². The molecule has 0 saturated heterocycles. The second kappa shape index (κ2) is 6.20. The third-order valence-electron chi connectivity index (χ3n) is 2.81. The van der Waals surface area contributed by atoms with E-state index < -0.39 is 5.54 Å². The van der Waals surface area contributed by atoms with Crippen LogP contribution in [-0.2, 0) is 9.59 Å². The molecule has 0 aromatic heterocycles. The summed E-state index contributed by atoms with van der Waals surface area (Å²) >= 11 is 0. The predicted octanol–water partition coefficient (Wildman–Crippen LogP) is 2.14. The number of carbonyl (C=O) groups excluding carboxylic acids is 2. The second-order valence-electron chi connectivity index (χ2n) is 5.48. The van der Waals surface area contributed by atoms with Crippen LogP contribution in [0.5, 0.6) is 0 Å². The fraction of sp³-hybridized carbons (Fsp3) is 0.400. The van der Waals surface area contributed by atoms with Gasteiger partial charge in [0.05, 0.1) is 11.3 Å². The van der Waals surface area contributed by atoms with Crippen LogP contribution < -0.4 is 5.32 Å². The van der Waals surface area contributed by atoms with Crippen LogP contribution in [-0.4, -0.2) is 28.8 Å². The summed E-state index contributed by atoms with van der Waals surface area (Å²) in [6.07, 6.45) is 0. The minimum atomic E-state index is -0.433. The maximum atomic E-state index is 12.0. The van der Waals surface area contributed by atoms with Crippen LogP contribution in [0, 0.1) is 11.3 Å². The molecule has 0 atom stereocenters. The van der Waals surface area contributed by atoms with E-state index in [9.17, 15) is 9.59 Å². The number of nitrogens with zero attached hydrogens (tertiary/aromatic N) is 2. The Morgan fingerprint density at radius 1 is 1.30 bits per heavy atom. The largest absolute Gasteiger partial charge is 0.329 e. The van der Waals surface area contributed by atoms with Crippen molar-refractivity contribution in [2.24, 2.45) is 0 Å². The Balaban J connectivity index is 2.82.